The van der Waals surface area contributed by atoms with Crippen molar-refractivity contribution < 1.29 is 4.74 Å². The van der Waals surface area contributed by atoms with Gasteiger partial charge in [-0.2, -0.15) is 0 Å². The van der Waals surface area contributed by atoms with E-state index in [-0.39, 0.29) is 0 Å². The highest BCUT2D eigenvalue weighted by Gasteiger charge is 2.24. The lowest BCUT2D eigenvalue weighted by atomic mass is 10.3. The molecule has 0 bridgehead atoms. The van der Waals surface area contributed by atoms with E-state index in [2.05, 4.69) is 143 Å². The van der Waals surface area contributed by atoms with Crippen LogP contribution in [0.5, 0.6) is 11.5 Å². The Morgan fingerprint density at radius 2 is 0.696 bits per heavy atom. The summed E-state index contributed by atoms with van der Waals surface area (Å²) >= 11 is 37.8. The number of hydrogen-bond acceptors (Lipinski definition) is 1. The van der Waals surface area contributed by atoms with Gasteiger partial charge < -0.3 is 4.74 Å². The van der Waals surface area contributed by atoms with Crippen LogP contribution >= 0.6 is 155 Å². The maximum atomic E-state index is 6.25. The Hall–Kier alpha value is 2.85. The van der Waals surface area contributed by atoms with E-state index in [4.69, 9.17) is 16.3 Å². The molecule has 2 aromatic carbocycles. The third-order valence-electron chi connectivity index (χ3n) is 2.54. The molecule has 0 amide bonds. The zero-order chi connectivity index (χ0) is 17.6. The monoisotopic (exact) mass is 905 g/mol. The molecular weight excluding hydrogens is 915 g/mol. The second-order valence-corrected chi connectivity index (χ2v) is 11.4. The average Bonchev–Trinajstić information content (AvgIpc) is 2.54. The molecule has 0 fully saturated rings. The average molecular weight is 915 g/mol. The highest BCUT2D eigenvalue weighted by molar-refractivity contribution is 9.16. The number of ether oxygens (including phenoxy) is 1. The third kappa shape index (κ3) is 4.31. The highest BCUT2D eigenvalue weighted by Crippen LogP contribution is 2.54. The first kappa shape index (κ1) is 22.1. The molecule has 2 rings (SSSR count). The zero-order valence-electron chi connectivity index (χ0n) is 10.2. The molecule has 2 aromatic rings. The van der Waals surface area contributed by atoms with Crippen LogP contribution in [-0.4, -0.2) is 0 Å². The molecule has 0 aliphatic carbocycles. The van der Waals surface area contributed by atoms with E-state index in [9.17, 15) is 0 Å². The van der Waals surface area contributed by atoms with Crippen LogP contribution in [0.2, 0.25) is 5.02 Å². The van der Waals surface area contributed by atoms with Crippen molar-refractivity contribution in [2.75, 3.05) is 0 Å². The lowest BCUT2D eigenvalue weighted by Gasteiger charge is -2.18. The van der Waals surface area contributed by atoms with Crippen molar-refractivity contribution >= 4 is 155 Å². The molecule has 1 nitrogen and oxygen atoms in total. The van der Waals surface area contributed by atoms with E-state index < -0.39 is 0 Å². The molecule has 0 aliphatic rings. The molecule has 23 heavy (non-hydrogen) atoms. The second-order valence-electron chi connectivity index (χ2n) is 3.90. The standard InChI is InChI=1S/C12Br9ClO/c13-1-2(14)6(18)11(7(19)3(1)15)23-12-8(20)4(16)10(22)5(17)9(12)21. The van der Waals surface area contributed by atoms with Gasteiger partial charge >= 0.3 is 0 Å². The Balaban J connectivity index is 2.71. The van der Waals surface area contributed by atoms with Gasteiger partial charge in [-0.15, -0.1) is 0 Å². The summed E-state index contributed by atoms with van der Waals surface area (Å²) < 4.78 is 12.9. The van der Waals surface area contributed by atoms with E-state index in [0.29, 0.717) is 34.4 Å². The van der Waals surface area contributed by atoms with Crippen LogP contribution in [-0.2, 0) is 0 Å². The van der Waals surface area contributed by atoms with Crippen molar-refractivity contribution in [2.45, 2.75) is 0 Å². The molecule has 0 radical (unpaired) electrons. The minimum Gasteiger partial charge on any atom is -0.452 e. The zero-order valence-corrected chi connectivity index (χ0v) is 25.2. The highest BCUT2D eigenvalue weighted by atomic mass is 79.9. The fourth-order valence-electron chi connectivity index (χ4n) is 1.45. The maximum absolute atomic E-state index is 6.25. The molecule has 0 saturated carbocycles. The van der Waals surface area contributed by atoms with Crippen molar-refractivity contribution in [3.8, 4) is 11.5 Å². The lowest BCUT2D eigenvalue weighted by Crippen LogP contribution is -1.94. The Morgan fingerprint density at radius 3 is 1.04 bits per heavy atom. The molecule has 0 atom stereocenters. The predicted molar refractivity (Wildman–Crippen MR) is 127 cm³/mol. The molecule has 0 aromatic heterocycles. The summed E-state index contributed by atoms with van der Waals surface area (Å²) in [4.78, 5) is 0. The van der Waals surface area contributed by atoms with Gasteiger partial charge in [-0.25, -0.2) is 0 Å². The van der Waals surface area contributed by atoms with Crippen molar-refractivity contribution in [1.29, 1.82) is 0 Å². The summed E-state index contributed by atoms with van der Waals surface area (Å²) in [7, 11) is 0. The molecule has 0 spiro atoms. The molecule has 0 saturated heterocycles. The van der Waals surface area contributed by atoms with Gasteiger partial charge in [0.05, 0.1) is 40.8 Å². The molecule has 0 N–H and O–H groups in total. The molecule has 11 heteroatoms. The summed E-state index contributed by atoms with van der Waals surface area (Å²) in [5.74, 6) is 1.16. The Bertz CT molecular complexity index is 696. The van der Waals surface area contributed by atoms with Crippen LogP contribution in [0.3, 0.4) is 0 Å². The molecular formula is C12Br9ClO. The van der Waals surface area contributed by atoms with Gasteiger partial charge in [0, 0.05) is 4.47 Å². The first-order valence-electron chi connectivity index (χ1n) is 5.30. The van der Waals surface area contributed by atoms with Gasteiger partial charge in [0.15, 0.2) is 11.5 Å². The van der Waals surface area contributed by atoms with Crippen LogP contribution in [0.15, 0.2) is 40.3 Å². The van der Waals surface area contributed by atoms with Gasteiger partial charge in [0.2, 0.25) is 0 Å². The van der Waals surface area contributed by atoms with Gasteiger partial charge in [-0.3, -0.25) is 0 Å². The summed E-state index contributed by atoms with van der Waals surface area (Å²) in [6.07, 6.45) is 0. The number of hydrogen-bond donors (Lipinski definition) is 0. The van der Waals surface area contributed by atoms with Crippen molar-refractivity contribution in [3.63, 3.8) is 0 Å². The fraction of sp³-hybridized carbons (Fsp3) is 0. The van der Waals surface area contributed by atoms with Crippen LogP contribution in [0.25, 0.3) is 0 Å². The minimum atomic E-state index is 0.535. The lowest BCUT2D eigenvalue weighted by molar-refractivity contribution is 0.468. The molecule has 0 unspecified atom stereocenters. The van der Waals surface area contributed by atoms with E-state index in [1.807, 2.05) is 0 Å². The van der Waals surface area contributed by atoms with Crippen molar-refractivity contribution in [2.24, 2.45) is 0 Å². The quantitative estimate of drug-likeness (QED) is 0.215. The Labute approximate surface area is 213 Å². The number of halogens is 10. The van der Waals surface area contributed by atoms with E-state index in [0.717, 1.165) is 22.4 Å². The smallest absolute Gasteiger partial charge is 0.158 e. The van der Waals surface area contributed by atoms with Gasteiger partial charge in [-0.05, 0) is 143 Å². The van der Waals surface area contributed by atoms with Gasteiger partial charge in [-0.1, -0.05) is 11.6 Å². The minimum absolute atomic E-state index is 0.535. The Morgan fingerprint density at radius 1 is 0.435 bits per heavy atom. The number of rotatable bonds is 2. The summed E-state index contributed by atoms with van der Waals surface area (Å²) in [6.45, 7) is 0. The normalized spacial score (nSPS) is 11.0. The van der Waals surface area contributed by atoms with Crippen LogP contribution in [0.4, 0.5) is 0 Å². The fourth-order valence-corrected chi connectivity index (χ4v) is 7.28. The SMILES string of the molecule is Clc1c(Br)c(Br)c(Oc2c(Br)c(Br)c(Br)c(Br)c2Br)c(Br)c1Br. The van der Waals surface area contributed by atoms with Crippen molar-refractivity contribution in [1.82, 2.24) is 0 Å². The first-order valence-corrected chi connectivity index (χ1v) is 12.8. The van der Waals surface area contributed by atoms with Gasteiger partial charge in [0.25, 0.3) is 0 Å². The van der Waals surface area contributed by atoms with E-state index >= 15 is 0 Å². The molecule has 0 aliphatic heterocycles. The number of benzene rings is 2. The summed E-state index contributed by atoms with van der Waals surface area (Å²) in [5.41, 5.74) is 0. The van der Waals surface area contributed by atoms with Gasteiger partial charge in [0.1, 0.15) is 0 Å². The Kier molecular flexibility index (Phi) is 8.57. The van der Waals surface area contributed by atoms with E-state index in [1.165, 1.54) is 0 Å². The summed E-state index contributed by atoms with van der Waals surface area (Å²) in [5, 5.41) is 0.535. The maximum Gasteiger partial charge on any atom is 0.158 e. The largest absolute Gasteiger partial charge is 0.452 e. The molecule has 124 valence electrons. The first-order chi connectivity index (χ1) is 10.6. The molecule has 0 heterocycles. The summed E-state index contributed by atoms with van der Waals surface area (Å²) in [6, 6.07) is 0. The predicted octanol–water partition coefficient (Wildman–Crippen LogP) is 11.0. The second kappa shape index (κ2) is 8.90. The topological polar surface area (TPSA) is 9.23 Å². The van der Waals surface area contributed by atoms with Crippen LogP contribution in [0, 0.1) is 0 Å². The van der Waals surface area contributed by atoms with E-state index in [1.54, 1.807) is 0 Å². The van der Waals surface area contributed by atoms with Crippen molar-refractivity contribution in [3.05, 3.63) is 45.3 Å². The van der Waals surface area contributed by atoms with Crippen LogP contribution < -0.4 is 4.74 Å². The third-order valence-corrected chi connectivity index (χ3v) is 13.6. The van der Waals surface area contributed by atoms with Crippen LogP contribution in [0.1, 0.15) is 0 Å².